The van der Waals surface area contributed by atoms with Gasteiger partial charge in [0.25, 0.3) is 0 Å². The van der Waals surface area contributed by atoms with Crippen LogP contribution < -0.4 is 10.1 Å². The quantitative estimate of drug-likeness (QED) is 0.872. The molecule has 1 fully saturated rings. The molecule has 1 saturated heterocycles. The first-order valence-corrected chi connectivity index (χ1v) is 8.10. The predicted octanol–water partition coefficient (Wildman–Crippen LogP) is 3.48. The highest BCUT2D eigenvalue weighted by Gasteiger charge is 2.42. The Morgan fingerprint density at radius 1 is 1.09 bits per heavy atom. The Hall–Kier alpha value is -1.55. The third-order valence-electron chi connectivity index (χ3n) is 4.69. The highest BCUT2D eigenvalue weighted by atomic mass is 35.5. The number of nitrogens with one attached hydrogen (secondary N) is 1. The molecule has 2 heterocycles. The van der Waals surface area contributed by atoms with E-state index >= 15 is 0 Å². The first-order valence-electron chi connectivity index (χ1n) is 7.73. The van der Waals surface area contributed by atoms with Gasteiger partial charge in [0.2, 0.25) is 0 Å². The van der Waals surface area contributed by atoms with E-state index in [1.165, 1.54) is 11.1 Å². The SMILES string of the molecule is CC1(N2CCNCC2)Oc2ccc(Cl)cc2-c2ccccc21. The van der Waals surface area contributed by atoms with Crippen LogP contribution in [0.3, 0.4) is 0 Å². The number of nitrogens with zero attached hydrogens (tertiary/aromatic N) is 1. The smallest absolute Gasteiger partial charge is 0.187 e. The second-order valence-electron chi connectivity index (χ2n) is 6.01. The fraction of sp³-hybridized carbons (Fsp3) is 0.333. The molecular formula is C18H19ClN2O. The average molecular weight is 315 g/mol. The van der Waals surface area contributed by atoms with Crippen molar-refractivity contribution in [1.82, 2.24) is 10.2 Å². The summed E-state index contributed by atoms with van der Waals surface area (Å²) in [6.07, 6.45) is 0. The molecule has 0 radical (unpaired) electrons. The molecule has 114 valence electrons. The first kappa shape index (κ1) is 14.1. The van der Waals surface area contributed by atoms with Crippen molar-refractivity contribution in [3.63, 3.8) is 0 Å². The van der Waals surface area contributed by atoms with Gasteiger partial charge in [-0.1, -0.05) is 35.9 Å². The fourth-order valence-corrected chi connectivity index (χ4v) is 3.69. The van der Waals surface area contributed by atoms with E-state index in [0.717, 1.165) is 42.5 Å². The van der Waals surface area contributed by atoms with Crippen LogP contribution in [0.15, 0.2) is 42.5 Å². The van der Waals surface area contributed by atoms with Crippen LogP contribution in [-0.4, -0.2) is 31.1 Å². The second kappa shape index (κ2) is 5.27. The van der Waals surface area contributed by atoms with Gasteiger partial charge in [0.05, 0.1) is 0 Å². The lowest BCUT2D eigenvalue weighted by molar-refractivity contribution is -0.0844. The normalized spacial score (nSPS) is 24.3. The number of hydrogen-bond acceptors (Lipinski definition) is 3. The molecule has 2 aliphatic heterocycles. The van der Waals surface area contributed by atoms with Crippen LogP contribution >= 0.6 is 11.6 Å². The van der Waals surface area contributed by atoms with Crippen LogP contribution in [-0.2, 0) is 5.72 Å². The molecule has 3 nitrogen and oxygen atoms in total. The minimum absolute atomic E-state index is 0.431. The fourth-order valence-electron chi connectivity index (χ4n) is 3.52. The molecule has 1 N–H and O–H groups in total. The summed E-state index contributed by atoms with van der Waals surface area (Å²) < 4.78 is 6.48. The molecule has 0 saturated carbocycles. The zero-order valence-electron chi connectivity index (χ0n) is 12.6. The molecule has 22 heavy (non-hydrogen) atoms. The summed E-state index contributed by atoms with van der Waals surface area (Å²) in [4.78, 5) is 2.42. The number of hydrogen-bond donors (Lipinski definition) is 1. The largest absolute Gasteiger partial charge is 0.468 e. The van der Waals surface area contributed by atoms with Crippen molar-refractivity contribution in [3.05, 3.63) is 53.1 Å². The van der Waals surface area contributed by atoms with Crippen LogP contribution in [0.4, 0.5) is 0 Å². The Morgan fingerprint density at radius 3 is 2.68 bits per heavy atom. The van der Waals surface area contributed by atoms with Crippen LogP contribution in [0.5, 0.6) is 5.75 Å². The summed E-state index contributed by atoms with van der Waals surface area (Å²) in [6.45, 7) is 6.12. The second-order valence-corrected chi connectivity index (χ2v) is 6.44. The minimum Gasteiger partial charge on any atom is -0.468 e. The Kier molecular flexibility index (Phi) is 3.37. The van der Waals surface area contributed by atoms with Gasteiger partial charge in [-0.05, 0) is 30.7 Å². The van der Waals surface area contributed by atoms with Crippen molar-refractivity contribution in [2.24, 2.45) is 0 Å². The van der Waals surface area contributed by atoms with Crippen LogP contribution in [0.25, 0.3) is 11.1 Å². The van der Waals surface area contributed by atoms with E-state index in [1.54, 1.807) is 0 Å². The molecule has 4 rings (SSSR count). The lowest BCUT2D eigenvalue weighted by Crippen LogP contribution is -2.56. The Labute approximate surface area is 135 Å². The highest BCUT2D eigenvalue weighted by molar-refractivity contribution is 6.31. The summed E-state index contributed by atoms with van der Waals surface area (Å²) in [5.41, 5.74) is 3.08. The van der Waals surface area contributed by atoms with Gasteiger partial charge in [0, 0.05) is 42.3 Å². The summed E-state index contributed by atoms with van der Waals surface area (Å²) in [5.74, 6) is 0.907. The Balaban J connectivity index is 1.88. The van der Waals surface area contributed by atoms with Crippen LogP contribution in [0.1, 0.15) is 12.5 Å². The Morgan fingerprint density at radius 2 is 1.86 bits per heavy atom. The molecule has 0 aromatic heterocycles. The number of fused-ring (bicyclic) bond motifs is 3. The van der Waals surface area contributed by atoms with Crippen molar-refractivity contribution < 1.29 is 4.74 Å². The zero-order chi connectivity index (χ0) is 15.2. The molecule has 2 aromatic rings. The van der Waals surface area contributed by atoms with Gasteiger partial charge in [-0.2, -0.15) is 0 Å². The lowest BCUT2D eigenvalue weighted by Gasteiger charge is -2.46. The van der Waals surface area contributed by atoms with Gasteiger partial charge in [0.15, 0.2) is 5.72 Å². The summed E-state index contributed by atoms with van der Waals surface area (Å²) >= 11 is 6.19. The van der Waals surface area contributed by atoms with E-state index in [2.05, 4.69) is 41.4 Å². The van der Waals surface area contributed by atoms with Crippen molar-refractivity contribution in [1.29, 1.82) is 0 Å². The summed E-state index contributed by atoms with van der Waals surface area (Å²) in [5, 5.41) is 4.15. The number of rotatable bonds is 1. The topological polar surface area (TPSA) is 24.5 Å². The van der Waals surface area contributed by atoms with E-state index in [4.69, 9.17) is 16.3 Å². The molecule has 1 atom stereocenters. The molecule has 0 amide bonds. The summed E-state index contributed by atoms with van der Waals surface area (Å²) in [7, 11) is 0. The van der Waals surface area contributed by atoms with Crippen molar-refractivity contribution >= 4 is 11.6 Å². The Bertz CT molecular complexity index is 712. The molecular weight excluding hydrogens is 296 g/mol. The first-order chi connectivity index (χ1) is 10.7. The maximum absolute atomic E-state index is 6.48. The molecule has 0 aliphatic carbocycles. The molecule has 1 unspecified atom stereocenters. The molecule has 0 bridgehead atoms. The van der Waals surface area contributed by atoms with Gasteiger partial charge >= 0.3 is 0 Å². The van der Waals surface area contributed by atoms with Gasteiger partial charge in [-0.25, -0.2) is 0 Å². The van der Waals surface area contributed by atoms with E-state index < -0.39 is 5.72 Å². The molecule has 0 spiro atoms. The monoisotopic (exact) mass is 314 g/mol. The van der Waals surface area contributed by atoms with E-state index in [1.807, 2.05) is 18.2 Å². The standard InChI is InChI=1S/C18H19ClN2O/c1-18(21-10-8-20-9-11-21)16-5-3-2-4-14(16)15-12-13(19)6-7-17(15)22-18/h2-7,12,20H,8-11H2,1H3. The van der Waals surface area contributed by atoms with Gasteiger partial charge in [-0.3, -0.25) is 4.90 Å². The van der Waals surface area contributed by atoms with E-state index in [-0.39, 0.29) is 0 Å². The van der Waals surface area contributed by atoms with Gasteiger partial charge in [-0.15, -0.1) is 0 Å². The van der Waals surface area contributed by atoms with Crippen LogP contribution in [0.2, 0.25) is 5.02 Å². The average Bonchev–Trinajstić information content (AvgIpc) is 2.57. The molecule has 2 aliphatic rings. The summed E-state index contributed by atoms with van der Waals surface area (Å²) in [6, 6.07) is 14.4. The van der Waals surface area contributed by atoms with E-state index in [9.17, 15) is 0 Å². The highest BCUT2D eigenvalue weighted by Crippen LogP contribution is 2.47. The van der Waals surface area contributed by atoms with Gasteiger partial charge in [0.1, 0.15) is 5.75 Å². The third kappa shape index (κ3) is 2.12. The molecule has 4 heteroatoms. The predicted molar refractivity (Wildman–Crippen MR) is 89.3 cm³/mol. The lowest BCUT2D eigenvalue weighted by atomic mass is 9.88. The third-order valence-corrected chi connectivity index (χ3v) is 4.92. The number of benzene rings is 2. The van der Waals surface area contributed by atoms with Gasteiger partial charge < -0.3 is 10.1 Å². The van der Waals surface area contributed by atoms with Crippen molar-refractivity contribution in [3.8, 4) is 16.9 Å². The number of halogens is 1. The number of ether oxygens (including phenoxy) is 1. The zero-order valence-corrected chi connectivity index (χ0v) is 13.4. The maximum Gasteiger partial charge on any atom is 0.187 e. The van der Waals surface area contributed by atoms with Crippen molar-refractivity contribution in [2.45, 2.75) is 12.6 Å². The minimum atomic E-state index is -0.431. The van der Waals surface area contributed by atoms with Crippen molar-refractivity contribution in [2.75, 3.05) is 26.2 Å². The molecule has 2 aromatic carbocycles. The number of piperazine rings is 1. The van der Waals surface area contributed by atoms with E-state index in [0.29, 0.717) is 0 Å². The van der Waals surface area contributed by atoms with Crippen LogP contribution in [0, 0.1) is 0 Å². The maximum atomic E-state index is 6.48.